The second kappa shape index (κ2) is 5.29. The van der Waals surface area contributed by atoms with Crippen molar-refractivity contribution in [3.8, 4) is 0 Å². The van der Waals surface area contributed by atoms with Crippen LogP contribution >= 0.6 is 0 Å². The van der Waals surface area contributed by atoms with Crippen LogP contribution < -0.4 is 11.1 Å². The molecule has 0 aromatic carbocycles. The summed E-state index contributed by atoms with van der Waals surface area (Å²) in [4.78, 5) is 4.15. The van der Waals surface area contributed by atoms with Gasteiger partial charge in [0, 0.05) is 20.0 Å². The minimum absolute atomic E-state index is 0.306. The van der Waals surface area contributed by atoms with Gasteiger partial charge in [0.1, 0.15) is 5.82 Å². The van der Waals surface area contributed by atoms with E-state index in [1.807, 2.05) is 7.05 Å². The molecule has 0 amide bonds. The summed E-state index contributed by atoms with van der Waals surface area (Å²) in [7, 11) is 1.88. The summed E-state index contributed by atoms with van der Waals surface area (Å²) in [5.41, 5.74) is 7.71. The first kappa shape index (κ1) is 13.4. The van der Waals surface area contributed by atoms with Gasteiger partial charge in [0.2, 0.25) is 5.89 Å². The van der Waals surface area contributed by atoms with Gasteiger partial charge in [-0.15, -0.1) is 0 Å². The van der Waals surface area contributed by atoms with Gasteiger partial charge in [0.15, 0.2) is 5.82 Å². The van der Waals surface area contributed by atoms with Crippen LogP contribution in [-0.4, -0.2) is 26.5 Å². The molecule has 2 aromatic heterocycles. The summed E-state index contributed by atoms with van der Waals surface area (Å²) < 4.78 is 6.82. The third kappa shape index (κ3) is 2.86. The lowest BCUT2D eigenvalue weighted by molar-refractivity contribution is 0.377. The molecule has 0 unspecified atom stereocenters. The highest BCUT2D eigenvalue weighted by Gasteiger charge is 2.15. The van der Waals surface area contributed by atoms with Crippen LogP contribution in [0.2, 0.25) is 0 Å². The van der Waals surface area contributed by atoms with Crippen molar-refractivity contribution in [1.82, 2.24) is 19.9 Å². The van der Waals surface area contributed by atoms with Gasteiger partial charge in [0.05, 0.1) is 11.4 Å². The van der Waals surface area contributed by atoms with E-state index in [1.54, 1.807) is 11.6 Å². The van der Waals surface area contributed by atoms with Crippen molar-refractivity contribution in [2.24, 2.45) is 7.05 Å². The number of aryl methyl sites for hydroxylation is 2. The molecule has 7 heteroatoms. The fourth-order valence-corrected chi connectivity index (χ4v) is 1.93. The molecule has 0 aliphatic carbocycles. The van der Waals surface area contributed by atoms with Crippen molar-refractivity contribution in [3.63, 3.8) is 0 Å². The normalized spacial score (nSPS) is 11.2. The number of aromatic nitrogens is 4. The highest BCUT2D eigenvalue weighted by atomic mass is 16.5. The lowest BCUT2D eigenvalue weighted by Crippen LogP contribution is -2.10. The van der Waals surface area contributed by atoms with Gasteiger partial charge in [-0.1, -0.05) is 19.0 Å². The number of hydrogen-bond acceptors (Lipinski definition) is 6. The topological polar surface area (TPSA) is 94.8 Å². The van der Waals surface area contributed by atoms with E-state index >= 15 is 0 Å². The molecule has 0 atom stereocenters. The summed E-state index contributed by atoms with van der Waals surface area (Å²) in [5, 5.41) is 11.4. The number of rotatable bonds is 5. The van der Waals surface area contributed by atoms with Gasteiger partial charge in [-0.3, -0.25) is 4.68 Å². The number of nitrogens with two attached hydrogens (primary N) is 1. The fraction of sp³-hybridized carbons (Fsp3) is 0.583. The van der Waals surface area contributed by atoms with E-state index in [0.29, 0.717) is 36.3 Å². The van der Waals surface area contributed by atoms with E-state index in [1.165, 1.54) is 0 Å². The third-order valence-electron chi connectivity index (χ3n) is 2.86. The Hall–Kier alpha value is -2.05. The maximum atomic E-state index is 6.09. The molecule has 0 aliphatic rings. The van der Waals surface area contributed by atoms with Crippen LogP contribution in [0.3, 0.4) is 0 Å². The van der Waals surface area contributed by atoms with E-state index in [2.05, 4.69) is 34.4 Å². The van der Waals surface area contributed by atoms with Gasteiger partial charge in [-0.2, -0.15) is 10.1 Å². The molecular formula is C12H20N6O. The monoisotopic (exact) mass is 264 g/mol. The van der Waals surface area contributed by atoms with Gasteiger partial charge in [-0.05, 0) is 12.8 Å². The first-order chi connectivity index (χ1) is 8.99. The zero-order valence-electron chi connectivity index (χ0n) is 11.8. The molecule has 2 rings (SSSR count). The van der Waals surface area contributed by atoms with Crippen molar-refractivity contribution in [1.29, 1.82) is 0 Å². The predicted octanol–water partition coefficient (Wildman–Crippen LogP) is 1.47. The number of anilines is 2. The quantitative estimate of drug-likeness (QED) is 0.849. The van der Waals surface area contributed by atoms with Crippen LogP contribution in [0.4, 0.5) is 11.5 Å². The van der Waals surface area contributed by atoms with Crippen molar-refractivity contribution < 1.29 is 4.52 Å². The molecule has 7 nitrogen and oxygen atoms in total. The van der Waals surface area contributed by atoms with Gasteiger partial charge < -0.3 is 15.6 Å². The second-order valence-electron chi connectivity index (χ2n) is 4.84. The smallest absolute Gasteiger partial charge is 0.228 e. The highest BCUT2D eigenvalue weighted by Crippen LogP contribution is 2.27. The second-order valence-corrected chi connectivity index (χ2v) is 4.84. The van der Waals surface area contributed by atoms with Crippen LogP contribution in [0.25, 0.3) is 0 Å². The summed E-state index contributed by atoms with van der Waals surface area (Å²) in [5.74, 6) is 2.41. The van der Waals surface area contributed by atoms with Crippen LogP contribution in [0.5, 0.6) is 0 Å². The molecule has 104 valence electrons. The van der Waals surface area contributed by atoms with Gasteiger partial charge in [-0.25, -0.2) is 0 Å². The van der Waals surface area contributed by atoms with Crippen molar-refractivity contribution in [3.05, 3.63) is 17.4 Å². The van der Waals surface area contributed by atoms with Crippen molar-refractivity contribution in [2.45, 2.75) is 33.1 Å². The molecule has 2 aromatic rings. The summed E-state index contributed by atoms with van der Waals surface area (Å²) in [6.45, 7) is 6.62. The Kier molecular flexibility index (Phi) is 3.73. The SMILES string of the molecule is Cc1noc(CCNc2c(N)c(C(C)C)nn2C)n1. The lowest BCUT2D eigenvalue weighted by atomic mass is 10.1. The number of nitrogen functional groups attached to an aromatic ring is 1. The summed E-state index contributed by atoms with van der Waals surface area (Å²) in [6, 6.07) is 0. The maximum absolute atomic E-state index is 6.09. The summed E-state index contributed by atoms with van der Waals surface area (Å²) >= 11 is 0. The first-order valence-corrected chi connectivity index (χ1v) is 6.34. The highest BCUT2D eigenvalue weighted by molar-refractivity contribution is 5.65. The molecular weight excluding hydrogens is 244 g/mol. The van der Waals surface area contributed by atoms with Gasteiger partial charge >= 0.3 is 0 Å². The van der Waals surface area contributed by atoms with Crippen LogP contribution in [0.15, 0.2) is 4.52 Å². The van der Waals surface area contributed by atoms with E-state index in [-0.39, 0.29) is 0 Å². The molecule has 0 radical (unpaired) electrons. The molecule has 19 heavy (non-hydrogen) atoms. The van der Waals surface area contributed by atoms with E-state index in [9.17, 15) is 0 Å². The molecule has 0 aliphatic heterocycles. The van der Waals surface area contributed by atoms with E-state index in [0.717, 1.165) is 11.5 Å². The number of nitrogens with zero attached hydrogens (tertiary/aromatic N) is 4. The fourth-order valence-electron chi connectivity index (χ4n) is 1.93. The molecule has 0 bridgehead atoms. The first-order valence-electron chi connectivity index (χ1n) is 6.34. The lowest BCUT2D eigenvalue weighted by Gasteiger charge is -2.06. The Morgan fingerprint density at radius 2 is 2.16 bits per heavy atom. The van der Waals surface area contributed by atoms with Gasteiger partial charge in [0.25, 0.3) is 0 Å². The average Bonchev–Trinajstić information content (AvgIpc) is 2.87. The Bertz CT molecular complexity index is 557. The Morgan fingerprint density at radius 1 is 1.42 bits per heavy atom. The third-order valence-corrected chi connectivity index (χ3v) is 2.86. The Labute approximate surface area is 112 Å². The number of hydrogen-bond donors (Lipinski definition) is 2. The van der Waals surface area contributed by atoms with Crippen molar-refractivity contribution in [2.75, 3.05) is 17.6 Å². The van der Waals surface area contributed by atoms with E-state index in [4.69, 9.17) is 10.3 Å². The molecule has 2 heterocycles. The predicted molar refractivity (Wildman–Crippen MR) is 72.9 cm³/mol. The van der Waals surface area contributed by atoms with Crippen molar-refractivity contribution >= 4 is 11.5 Å². The maximum Gasteiger partial charge on any atom is 0.228 e. The van der Waals surface area contributed by atoms with Crippen LogP contribution in [-0.2, 0) is 13.5 Å². The molecule has 0 saturated carbocycles. The molecule has 3 N–H and O–H groups in total. The zero-order valence-corrected chi connectivity index (χ0v) is 11.8. The van der Waals surface area contributed by atoms with E-state index < -0.39 is 0 Å². The Morgan fingerprint density at radius 3 is 2.68 bits per heavy atom. The number of nitrogens with one attached hydrogen (secondary N) is 1. The molecule has 0 saturated heterocycles. The minimum atomic E-state index is 0.306. The molecule has 0 fully saturated rings. The Balaban J connectivity index is 2.00. The average molecular weight is 264 g/mol. The van der Waals surface area contributed by atoms with Crippen LogP contribution in [0, 0.1) is 6.92 Å². The molecule has 0 spiro atoms. The largest absolute Gasteiger partial charge is 0.394 e. The summed E-state index contributed by atoms with van der Waals surface area (Å²) in [6.07, 6.45) is 0.655. The van der Waals surface area contributed by atoms with Crippen LogP contribution in [0.1, 0.15) is 37.2 Å². The standard InChI is InChI=1S/C12H20N6O/c1-7(2)11-10(13)12(18(4)16-11)14-6-5-9-15-8(3)17-19-9/h7,14H,5-6,13H2,1-4H3. The zero-order chi connectivity index (χ0) is 14.0. The minimum Gasteiger partial charge on any atom is -0.394 e.